The third kappa shape index (κ3) is 3.73. The quantitative estimate of drug-likeness (QED) is 0.591. The van der Waals surface area contributed by atoms with Crippen molar-refractivity contribution in [3.8, 4) is 0 Å². The first kappa shape index (κ1) is 23.7. The van der Waals surface area contributed by atoms with Crippen molar-refractivity contribution in [2.75, 3.05) is 0 Å². The van der Waals surface area contributed by atoms with Crippen molar-refractivity contribution in [1.29, 1.82) is 0 Å². The molecule has 4 saturated carbocycles. The average molecular weight is 435 g/mol. The van der Waals surface area contributed by atoms with Crippen molar-refractivity contribution in [3.63, 3.8) is 0 Å². The monoisotopic (exact) mass is 434 g/mol. The minimum atomic E-state index is -0.850. The summed E-state index contributed by atoms with van der Waals surface area (Å²) in [5.41, 5.74) is -0.154. The van der Waals surface area contributed by atoms with Crippen molar-refractivity contribution in [2.45, 2.75) is 111 Å². The predicted molar refractivity (Wildman–Crippen MR) is 122 cm³/mol. The molecule has 0 saturated heterocycles. The summed E-state index contributed by atoms with van der Waals surface area (Å²) in [7, 11) is 0. The summed E-state index contributed by atoms with van der Waals surface area (Å²) in [4.78, 5) is 13.5. The Morgan fingerprint density at radius 3 is 2.29 bits per heavy atom. The van der Waals surface area contributed by atoms with Gasteiger partial charge < -0.3 is 15.3 Å². The molecule has 0 radical (unpaired) electrons. The third-order valence-corrected chi connectivity index (χ3v) is 10.7. The van der Waals surface area contributed by atoms with Crippen LogP contribution in [-0.4, -0.2) is 39.4 Å². The van der Waals surface area contributed by atoms with Crippen LogP contribution >= 0.6 is 0 Å². The van der Waals surface area contributed by atoms with E-state index in [-0.39, 0.29) is 40.6 Å². The maximum absolute atomic E-state index is 13.5. The lowest BCUT2D eigenvalue weighted by molar-refractivity contribution is -0.222. The molecule has 4 nitrogen and oxygen atoms in total. The zero-order chi connectivity index (χ0) is 22.7. The molecule has 0 aliphatic heterocycles. The summed E-state index contributed by atoms with van der Waals surface area (Å²) < 4.78 is 0. The molecule has 0 heterocycles. The SMILES string of the molecule is CC(C)CCC[C@@H](C)[C@H]1CC(=O)[C@@H]2[C@@H]3[C@@H](O)[C@H](O)[C@H]4C[C@H](O)CC[C@]4(C)[C@H]3CC[C@]12C. The van der Waals surface area contributed by atoms with Gasteiger partial charge in [-0.2, -0.15) is 0 Å². The normalized spacial score (nSPS) is 50.7. The summed E-state index contributed by atoms with van der Waals surface area (Å²) in [6, 6.07) is 0. The first-order valence-electron chi connectivity index (χ1n) is 13.1. The fourth-order valence-electron chi connectivity index (χ4n) is 8.97. The van der Waals surface area contributed by atoms with Crippen molar-refractivity contribution in [2.24, 2.45) is 52.3 Å². The second-order valence-corrected chi connectivity index (χ2v) is 12.8. The predicted octanol–water partition coefficient (Wildman–Crippen LogP) is 4.59. The van der Waals surface area contributed by atoms with Crippen molar-refractivity contribution >= 4 is 5.78 Å². The summed E-state index contributed by atoms with van der Waals surface area (Å²) in [6.07, 6.45) is 6.54. The van der Waals surface area contributed by atoms with E-state index in [4.69, 9.17) is 0 Å². The highest BCUT2D eigenvalue weighted by Gasteiger charge is 2.67. The Labute approximate surface area is 189 Å². The standard InChI is InChI=1S/C27H46O4/c1-15(2)7-6-8-16(3)19-14-21(29)23-22-18(10-12-27(19,23)5)26(4)11-9-17(28)13-20(26)24(30)25(22)31/h15-20,22-25,28,30-31H,6-14H2,1-5H3/t16-,17-,18+,19-,20-,22-,23-,24-,25-,26-,27-/m1/s1. The van der Waals surface area contributed by atoms with Crippen LogP contribution < -0.4 is 0 Å². The van der Waals surface area contributed by atoms with Gasteiger partial charge >= 0.3 is 0 Å². The molecule has 4 heteroatoms. The molecule has 31 heavy (non-hydrogen) atoms. The molecule has 11 atom stereocenters. The van der Waals surface area contributed by atoms with Crippen LogP contribution in [-0.2, 0) is 4.79 Å². The molecule has 0 aromatic carbocycles. The molecule has 0 aromatic heterocycles. The zero-order valence-electron chi connectivity index (χ0n) is 20.4. The Morgan fingerprint density at radius 2 is 1.61 bits per heavy atom. The molecule has 4 aliphatic carbocycles. The topological polar surface area (TPSA) is 77.8 Å². The molecule has 178 valence electrons. The van der Waals surface area contributed by atoms with E-state index in [1.807, 2.05) is 0 Å². The van der Waals surface area contributed by atoms with Gasteiger partial charge in [0.1, 0.15) is 5.78 Å². The Kier molecular flexibility index (Phi) is 6.42. The third-order valence-electron chi connectivity index (χ3n) is 10.7. The van der Waals surface area contributed by atoms with Gasteiger partial charge in [0, 0.05) is 18.3 Å². The van der Waals surface area contributed by atoms with Gasteiger partial charge in [-0.05, 0) is 72.5 Å². The number of aliphatic hydroxyl groups excluding tert-OH is 3. The van der Waals surface area contributed by atoms with Crippen molar-refractivity contribution in [3.05, 3.63) is 0 Å². The van der Waals surface area contributed by atoms with E-state index in [9.17, 15) is 20.1 Å². The second-order valence-electron chi connectivity index (χ2n) is 12.8. The Morgan fingerprint density at radius 1 is 0.935 bits per heavy atom. The van der Waals surface area contributed by atoms with Gasteiger partial charge in [0.05, 0.1) is 18.3 Å². The fraction of sp³-hybridized carbons (Fsp3) is 0.963. The number of ketones is 1. The van der Waals surface area contributed by atoms with Gasteiger partial charge in [-0.1, -0.05) is 53.9 Å². The summed E-state index contributed by atoms with van der Waals surface area (Å²) in [5, 5.41) is 32.7. The first-order valence-corrected chi connectivity index (χ1v) is 13.1. The lowest BCUT2D eigenvalue weighted by Crippen LogP contribution is -2.64. The molecule has 4 aliphatic rings. The van der Waals surface area contributed by atoms with E-state index in [1.165, 1.54) is 19.3 Å². The van der Waals surface area contributed by atoms with Crippen molar-refractivity contribution < 1.29 is 20.1 Å². The number of hydrogen-bond donors (Lipinski definition) is 3. The minimum Gasteiger partial charge on any atom is -0.393 e. The highest BCUT2D eigenvalue weighted by atomic mass is 16.3. The van der Waals surface area contributed by atoms with Gasteiger partial charge in [-0.25, -0.2) is 0 Å². The second kappa shape index (κ2) is 8.40. The minimum absolute atomic E-state index is 0.0619. The van der Waals surface area contributed by atoms with E-state index in [2.05, 4.69) is 34.6 Å². The van der Waals surface area contributed by atoms with Gasteiger partial charge in [-0.3, -0.25) is 4.79 Å². The van der Waals surface area contributed by atoms with Gasteiger partial charge in [-0.15, -0.1) is 0 Å². The number of carbonyl (C=O) groups excluding carboxylic acids is 1. The van der Waals surface area contributed by atoms with Crippen LogP contribution in [0.5, 0.6) is 0 Å². The van der Waals surface area contributed by atoms with E-state index < -0.39 is 12.2 Å². The van der Waals surface area contributed by atoms with Crippen LogP contribution in [0.2, 0.25) is 0 Å². The lowest BCUT2D eigenvalue weighted by Gasteiger charge is -2.63. The number of aliphatic hydroxyl groups is 3. The van der Waals surface area contributed by atoms with Gasteiger partial charge in [0.15, 0.2) is 0 Å². The molecular formula is C27H46O4. The first-order chi connectivity index (χ1) is 14.5. The summed E-state index contributed by atoms with van der Waals surface area (Å²) >= 11 is 0. The van der Waals surface area contributed by atoms with Crippen molar-refractivity contribution in [1.82, 2.24) is 0 Å². The average Bonchev–Trinajstić information content (AvgIpc) is 2.98. The molecule has 0 aromatic rings. The number of carbonyl (C=O) groups is 1. The Hall–Kier alpha value is -0.450. The van der Waals surface area contributed by atoms with Crippen LogP contribution in [0.3, 0.4) is 0 Å². The van der Waals surface area contributed by atoms with Gasteiger partial charge in [0.25, 0.3) is 0 Å². The Bertz CT molecular complexity index is 676. The lowest BCUT2D eigenvalue weighted by atomic mass is 9.43. The summed E-state index contributed by atoms with van der Waals surface area (Å²) in [5.74, 6) is 1.90. The number of hydrogen-bond acceptors (Lipinski definition) is 4. The largest absolute Gasteiger partial charge is 0.393 e. The smallest absolute Gasteiger partial charge is 0.137 e. The molecule has 4 fully saturated rings. The van der Waals surface area contributed by atoms with Gasteiger partial charge in [0.2, 0.25) is 0 Å². The maximum Gasteiger partial charge on any atom is 0.137 e. The van der Waals surface area contributed by atoms with Crippen LogP contribution in [0.15, 0.2) is 0 Å². The molecular weight excluding hydrogens is 388 g/mol. The highest BCUT2D eigenvalue weighted by Crippen LogP contribution is 2.67. The maximum atomic E-state index is 13.5. The molecule has 0 unspecified atom stereocenters. The Balaban J connectivity index is 1.60. The van der Waals surface area contributed by atoms with E-state index in [1.54, 1.807) is 0 Å². The number of rotatable bonds is 5. The molecule has 0 spiro atoms. The van der Waals surface area contributed by atoms with E-state index >= 15 is 0 Å². The zero-order valence-corrected chi connectivity index (χ0v) is 20.4. The van der Waals surface area contributed by atoms with Crippen LogP contribution in [0.1, 0.15) is 92.4 Å². The molecule has 4 rings (SSSR count). The number of Topliss-reactive ketones (excluding diaryl/α,β-unsaturated/α-hetero) is 1. The molecule has 0 amide bonds. The highest BCUT2D eigenvalue weighted by molar-refractivity contribution is 5.85. The molecule has 0 bridgehead atoms. The fourth-order valence-corrected chi connectivity index (χ4v) is 8.97. The number of fused-ring (bicyclic) bond motifs is 5. The molecule has 3 N–H and O–H groups in total. The van der Waals surface area contributed by atoms with Crippen LogP contribution in [0, 0.1) is 52.3 Å². The van der Waals surface area contributed by atoms with E-state index in [0.717, 1.165) is 31.6 Å². The summed E-state index contributed by atoms with van der Waals surface area (Å²) in [6.45, 7) is 11.5. The van der Waals surface area contributed by atoms with Crippen LogP contribution in [0.4, 0.5) is 0 Å². The van der Waals surface area contributed by atoms with Crippen LogP contribution in [0.25, 0.3) is 0 Å². The van der Waals surface area contributed by atoms with E-state index in [0.29, 0.717) is 30.5 Å².